The van der Waals surface area contributed by atoms with Crippen molar-refractivity contribution in [2.75, 3.05) is 59.0 Å². The van der Waals surface area contributed by atoms with Gasteiger partial charge in [-0.25, -0.2) is 4.79 Å². The molecule has 4 atom stereocenters. The van der Waals surface area contributed by atoms with Gasteiger partial charge in [-0.3, -0.25) is 9.59 Å². The Kier molecular flexibility index (Phi) is 15.6. The average Bonchev–Trinajstić information content (AvgIpc) is 3.79. The van der Waals surface area contributed by atoms with Crippen molar-refractivity contribution in [3.63, 3.8) is 0 Å². The van der Waals surface area contributed by atoms with E-state index < -0.39 is 0 Å². The minimum Gasteiger partial charge on any atom is -0.445 e. The lowest BCUT2D eigenvalue weighted by molar-refractivity contribution is -0.133. The molecule has 57 heavy (non-hydrogen) atoms. The fourth-order valence-corrected chi connectivity index (χ4v) is 12.0. The van der Waals surface area contributed by atoms with Crippen LogP contribution >= 0.6 is 0 Å². The number of likely N-dealkylation sites (tertiary alicyclic amines) is 5. The predicted molar refractivity (Wildman–Crippen MR) is 223 cm³/mol. The summed E-state index contributed by atoms with van der Waals surface area (Å²) in [6, 6.07) is 13.3. The van der Waals surface area contributed by atoms with Crippen LogP contribution in [0.25, 0.3) is 0 Å². The van der Waals surface area contributed by atoms with Gasteiger partial charge in [-0.1, -0.05) is 56.0 Å². The fourth-order valence-electron chi connectivity index (χ4n) is 12.0. The number of hydrogen-bond acceptors (Lipinski definition) is 8. The van der Waals surface area contributed by atoms with E-state index in [1.54, 1.807) is 6.92 Å². The van der Waals surface area contributed by atoms with E-state index in [2.05, 4.69) is 24.9 Å². The number of ether oxygens (including phenoxy) is 1. The summed E-state index contributed by atoms with van der Waals surface area (Å²) in [5.74, 6) is 2.20. The number of piperidine rings is 4. The van der Waals surface area contributed by atoms with Gasteiger partial charge in [0.05, 0.1) is 0 Å². The average molecular weight is 791 g/mol. The maximum absolute atomic E-state index is 12.7. The fraction of sp³-hybridized carbons (Fsp3) is 0.804. The Morgan fingerprint density at radius 2 is 1.07 bits per heavy atom. The summed E-state index contributed by atoms with van der Waals surface area (Å²) in [7, 11) is 0. The molecule has 6 heterocycles. The van der Waals surface area contributed by atoms with Gasteiger partial charge in [0, 0.05) is 95.0 Å². The van der Waals surface area contributed by atoms with E-state index in [1.165, 1.54) is 103 Å². The molecule has 6 aliphatic heterocycles. The third-order valence-electron chi connectivity index (χ3n) is 15.0. The number of aliphatic hydroxyl groups is 1. The van der Waals surface area contributed by atoms with Crippen LogP contribution in [-0.2, 0) is 20.9 Å². The number of aliphatic hydroxyl groups excluding tert-OH is 1. The Bertz CT molecular complexity index is 1400. The van der Waals surface area contributed by atoms with E-state index in [9.17, 15) is 14.4 Å². The van der Waals surface area contributed by atoms with Gasteiger partial charge in [0.15, 0.2) is 0 Å². The van der Waals surface area contributed by atoms with Crippen LogP contribution in [0.5, 0.6) is 0 Å². The molecule has 1 aromatic carbocycles. The number of nitrogens with zero attached hydrogens (tertiary/aromatic N) is 5. The number of nitrogens with one attached hydrogen (secondary N) is 1. The molecule has 2 N–H and O–H groups in total. The van der Waals surface area contributed by atoms with Crippen molar-refractivity contribution in [2.24, 2.45) is 11.8 Å². The maximum atomic E-state index is 12.7. The highest BCUT2D eigenvalue weighted by Crippen LogP contribution is 2.41. The van der Waals surface area contributed by atoms with Crippen molar-refractivity contribution in [1.82, 2.24) is 29.8 Å². The quantitative estimate of drug-likeness (QED) is 0.360. The van der Waals surface area contributed by atoms with E-state index >= 15 is 0 Å². The monoisotopic (exact) mass is 791 g/mol. The van der Waals surface area contributed by atoms with E-state index in [-0.39, 0.29) is 12.7 Å². The molecule has 3 amide bonds. The lowest BCUT2D eigenvalue weighted by Crippen LogP contribution is -2.53. The minimum absolute atomic E-state index is 0.194. The molecule has 0 bridgehead atoms. The molecule has 11 heteroatoms. The number of benzene rings is 1. The van der Waals surface area contributed by atoms with E-state index in [1.807, 2.05) is 35.2 Å². The van der Waals surface area contributed by atoms with Crippen LogP contribution in [0.2, 0.25) is 0 Å². The highest BCUT2D eigenvalue weighted by molar-refractivity contribution is 5.80. The van der Waals surface area contributed by atoms with Crippen molar-refractivity contribution >= 4 is 17.9 Å². The molecule has 0 unspecified atom stereocenters. The summed E-state index contributed by atoms with van der Waals surface area (Å²) in [5, 5.41) is 11.0. The van der Waals surface area contributed by atoms with E-state index in [0.29, 0.717) is 60.5 Å². The van der Waals surface area contributed by atoms with Crippen LogP contribution < -0.4 is 5.32 Å². The van der Waals surface area contributed by atoms with Crippen molar-refractivity contribution in [3.05, 3.63) is 35.9 Å². The lowest BCUT2D eigenvalue weighted by Gasteiger charge is -2.45. The second-order valence-electron chi connectivity index (χ2n) is 18.3. The second-order valence-corrected chi connectivity index (χ2v) is 18.3. The second kappa shape index (κ2) is 21.0. The molecule has 2 saturated carbocycles. The zero-order valence-corrected chi connectivity index (χ0v) is 35.1. The van der Waals surface area contributed by atoms with Gasteiger partial charge in [0.2, 0.25) is 11.8 Å². The number of carbonyl (C=O) groups excluding carboxylic acids is 3. The first-order chi connectivity index (χ1) is 27.9. The Balaban J connectivity index is 0.000000173. The third-order valence-corrected chi connectivity index (χ3v) is 15.0. The van der Waals surface area contributed by atoms with Gasteiger partial charge in [0.1, 0.15) is 6.61 Å². The topological polar surface area (TPSA) is 109 Å². The van der Waals surface area contributed by atoms with Crippen LogP contribution in [-0.4, -0.2) is 143 Å². The zero-order chi connectivity index (χ0) is 39.6. The number of hydrogen-bond donors (Lipinski definition) is 2. The van der Waals surface area contributed by atoms with Crippen molar-refractivity contribution in [3.8, 4) is 0 Å². The number of carbonyl (C=O) groups is 3. The number of rotatable bonds is 6. The van der Waals surface area contributed by atoms with Crippen LogP contribution in [0.4, 0.5) is 4.79 Å². The van der Waals surface area contributed by atoms with Gasteiger partial charge in [-0.15, -0.1) is 0 Å². The first-order valence-electron chi connectivity index (χ1n) is 23.3. The molecule has 318 valence electrons. The van der Waals surface area contributed by atoms with E-state index in [0.717, 1.165) is 76.3 Å². The maximum Gasteiger partial charge on any atom is 0.410 e. The van der Waals surface area contributed by atoms with Crippen molar-refractivity contribution < 1.29 is 24.2 Å². The number of amides is 3. The normalized spacial score (nSPS) is 29.9. The molecule has 0 radical (unpaired) electrons. The molecular formula is C46H74N6O5. The molecular weight excluding hydrogens is 717 g/mol. The first-order valence-corrected chi connectivity index (χ1v) is 23.3. The SMILES string of the molecule is CCO.O=C(OCc1ccccc1)N1CCC(N2CCC(N3C(=O)C[C@@H]4CCCC[C@@H]43)CC2)CC1.O=C1C[C@@H]2CCCC[C@@H]2N1C1CCN(C2CCNCC2)CC1. The lowest BCUT2D eigenvalue weighted by atomic mass is 9.84. The van der Waals surface area contributed by atoms with Gasteiger partial charge in [-0.2, -0.15) is 0 Å². The summed E-state index contributed by atoms with van der Waals surface area (Å²) in [6.07, 6.45) is 21.0. The Hall–Kier alpha value is -2.73. The van der Waals surface area contributed by atoms with Gasteiger partial charge < -0.3 is 39.7 Å². The van der Waals surface area contributed by atoms with Gasteiger partial charge in [0.25, 0.3) is 0 Å². The highest BCUT2D eigenvalue weighted by atomic mass is 16.6. The molecule has 9 rings (SSSR count). The molecule has 11 nitrogen and oxygen atoms in total. The summed E-state index contributed by atoms with van der Waals surface area (Å²) < 4.78 is 5.51. The molecule has 2 aliphatic carbocycles. The summed E-state index contributed by atoms with van der Waals surface area (Å²) in [4.78, 5) is 49.5. The summed E-state index contributed by atoms with van der Waals surface area (Å²) in [6.45, 7) is 10.7. The molecule has 0 spiro atoms. The van der Waals surface area contributed by atoms with Crippen molar-refractivity contribution in [1.29, 1.82) is 0 Å². The third kappa shape index (κ3) is 10.7. The van der Waals surface area contributed by atoms with Crippen LogP contribution in [0.3, 0.4) is 0 Å². The first kappa shape index (κ1) is 42.4. The zero-order valence-electron chi connectivity index (χ0n) is 35.1. The largest absolute Gasteiger partial charge is 0.445 e. The van der Waals surface area contributed by atoms with Crippen molar-refractivity contribution in [2.45, 2.75) is 165 Å². The van der Waals surface area contributed by atoms with Gasteiger partial charge >= 0.3 is 6.09 Å². The summed E-state index contributed by atoms with van der Waals surface area (Å²) >= 11 is 0. The molecule has 6 saturated heterocycles. The van der Waals surface area contributed by atoms with Crippen LogP contribution in [0.1, 0.15) is 128 Å². The van der Waals surface area contributed by atoms with Crippen LogP contribution in [0, 0.1) is 11.8 Å². The van der Waals surface area contributed by atoms with E-state index in [4.69, 9.17) is 9.84 Å². The highest BCUT2D eigenvalue weighted by Gasteiger charge is 2.46. The smallest absolute Gasteiger partial charge is 0.410 e. The minimum atomic E-state index is -0.194. The van der Waals surface area contributed by atoms with Gasteiger partial charge in [-0.05, 0) is 114 Å². The number of fused-ring (bicyclic) bond motifs is 2. The molecule has 8 fully saturated rings. The Morgan fingerprint density at radius 3 is 1.56 bits per heavy atom. The molecule has 1 aromatic rings. The standard InChI is InChI=1S/C26H37N3O3.C18H31N3O.C2H6O/c30-25-18-21-8-4-5-9-24(21)29(25)23-12-14-27(15-13-23)22-10-16-28(17-11-22)26(31)32-19-20-6-2-1-3-7-20;22-18-13-14-3-1-2-4-17(14)21(18)16-7-11-20(12-8-16)15-5-9-19-10-6-15;1-2-3/h1-3,6-7,21-24H,4-5,8-19H2;14-17,19H,1-13H2;3H,2H2,1H3/t21-,24-;14-,17-;/m00./s1. The predicted octanol–water partition coefficient (Wildman–Crippen LogP) is 6.04. The molecule has 0 aromatic heterocycles. The van der Waals surface area contributed by atoms with Crippen LogP contribution in [0.15, 0.2) is 30.3 Å². The Labute approximate surface area is 343 Å². The summed E-state index contributed by atoms with van der Waals surface area (Å²) in [5.41, 5.74) is 1.02. The molecule has 8 aliphatic rings. The Morgan fingerprint density at radius 1 is 0.632 bits per heavy atom.